The molecule has 110 valence electrons. The number of ether oxygens (including phenoxy) is 1. The molecule has 2 aromatic rings. The van der Waals surface area contributed by atoms with Crippen molar-refractivity contribution in [3.8, 4) is 0 Å². The summed E-state index contributed by atoms with van der Waals surface area (Å²) >= 11 is 0. The minimum Gasteiger partial charge on any atom is -0.422 e. The van der Waals surface area contributed by atoms with Crippen LogP contribution in [-0.2, 0) is 9.53 Å². The lowest BCUT2D eigenvalue weighted by Crippen LogP contribution is -1.98. The lowest BCUT2D eigenvalue weighted by Gasteiger charge is -2.06. The van der Waals surface area contributed by atoms with Crippen LogP contribution in [0.25, 0.3) is 11.8 Å². The van der Waals surface area contributed by atoms with Gasteiger partial charge >= 0.3 is 5.97 Å². The third kappa shape index (κ3) is 2.70. The number of carbonyl (C=O) groups is 1. The molecule has 3 rings (SSSR count). The zero-order valence-corrected chi connectivity index (χ0v) is 12.4. The second-order valence-corrected chi connectivity index (χ2v) is 5.34. The lowest BCUT2D eigenvalue weighted by atomic mass is 10.0. The Morgan fingerprint density at radius 2 is 1.86 bits per heavy atom. The van der Waals surface area contributed by atoms with Gasteiger partial charge in [-0.3, -0.25) is 0 Å². The van der Waals surface area contributed by atoms with Crippen molar-refractivity contribution in [2.24, 2.45) is 0 Å². The Hall–Kier alpha value is -2.68. The molecule has 0 bridgehead atoms. The van der Waals surface area contributed by atoms with Crippen molar-refractivity contribution in [1.29, 1.82) is 0 Å². The van der Waals surface area contributed by atoms with Crippen LogP contribution in [0.5, 0.6) is 0 Å². The van der Waals surface area contributed by atoms with Gasteiger partial charge in [0.05, 0.1) is 5.57 Å². The average Bonchev–Trinajstić information content (AvgIpc) is 2.85. The summed E-state index contributed by atoms with van der Waals surface area (Å²) in [5.41, 5.74) is 3.71. The van der Waals surface area contributed by atoms with E-state index in [1.807, 2.05) is 32.0 Å². The molecular formula is C19H15FO2. The summed E-state index contributed by atoms with van der Waals surface area (Å²) in [5.74, 6) is -0.315. The van der Waals surface area contributed by atoms with Crippen LogP contribution in [0.3, 0.4) is 0 Å². The van der Waals surface area contributed by atoms with Gasteiger partial charge in [0.15, 0.2) is 0 Å². The molecule has 0 saturated carbocycles. The number of halogens is 1. The SMILES string of the molecule is Cc1ccc(C)c(C2=CC(=Cc3ccccc3F)C(=O)O2)c1. The van der Waals surface area contributed by atoms with Crippen molar-refractivity contribution in [2.75, 3.05) is 0 Å². The quantitative estimate of drug-likeness (QED) is 0.605. The van der Waals surface area contributed by atoms with Crippen molar-refractivity contribution in [1.82, 2.24) is 0 Å². The zero-order chi connectivity index (χ0) is 15.7. The molecule has 3 heteroatoms. The number of rotatable bonds is 2. The molecule has 2 nitrogen and oxygen atoms in total. The summed E-state index contributed by atoms with van der Waals surface area (Å²) in [4.78, 5) is 12.0. The molecule has 1 aliphatic rings. The van der Waals surface area contributed by atoms with E-state index < -0.39 is 5.97 Å². The highest BCUT2D eigenvalue weighted by Gasteiger charge is 2.23. The second-order valence-electron chi connectivity index (χ2n) is 5.34. The molecule has 0 fully saturated rings. The standard InChI is InChI=1S/C19H15FO2/c1-12-7-8-13(2)16(9-12)18-11-15(19(21)22-18)10-14-5-3-4-6-17(14)20/h3-11H,1-2H3. The molecule has 2 aromatic carbocycles. The van der Waals surface area contributed by atoms with Gasteiger partial charge < -0.3 is 4.74 Å². The Labute approximate surface area is 128 Å². The maximum absolute atomic E-state index is 13.7. The highest BCUT2D eigenvalue weighted by Crippen LogP contribution is 2.30. The van der Waals surface area contributed by atoms with Gasteiger partial charge in [0, 0.05) is 11.1 Å². The van der Waals surface area contributed by atoms with Crippen LogP contribution >= 0.6 is 0 Å². The summed E-state index contributed by atoms with van der Waals surface area (Å²) in [6.07, 6.45) is 3.17. The van der Waals surface area contributed by atoms with Crippen LogP contribution < -0.4 is 0 Å². The molecule has 1 heterocycles. The highest BCUT2D eigenvalue weighted by atomic mass is 19.1. The topological polar surface area (TPSA) is 26.3 Å². The van der Waals surface area contributed by atoms with Crippen molar-refractivity contribution < 1.29 is 13.9 Å². The van der Waals surface area contributed by atoms with Crippen LogP contribution in [0.15, 0.2) is 54.1 Å². The van der Waals surface area contributed by atoms with E-state index in [2.05, 4.69) is 0 Å². The second kappa shape index (κ2) is 5.60. The molecular weight excluding hydrogens is 279 g/mol. The lowest BCUT2D eigenvalue weighted by molar-refractivity contribution is -0.130. The summed E-state index contributed by atoms with van der Waals surface area (Å²) in [5, 5.41) is 0. The van der Waals surface area contributed by atoms with E-state index in [0.717, 1.165) is 16.7 Å². The Morgan fingerprint density at radius 1 is 1.09 bits per heavy atom. The van der Waals surface area contributed by atoms with Crippen LogP contribution in [0.4, 0.5) is 4.39 Å². The maximum atomic E-state index is 13.7. The molecule has 0 aromatic heterocycles. The van der Waals surface area contributed by atoms with E-state index in [1.54, 1.807) is 24.3 Å². The fourth-order valence-electron chi connectivity index (χ4n) is 2.38. The predicted molar refractivity (Wildman–Crippen MR) is 84.4 cm³/mol. The first-order valence-electron chi connectivity index (χ1n) is 7.02. The number of hydrogen-bond acceptors (Lipinski definition) is 2. The van der Waals surface area contributed by atoms with Crippen LogP contribution in [0.1, 0.15) is 22.3 Å². The third-order valence-corrected chi connectivity index (χ3v) is 3.60. The van der Waals surface area contributed by atoms with Gasteiger partial charge in [-0.1, -0.05) is 35.9 Å². The summed E-state index contributed by atoms with van der Waals surface area (Å²) in [7, 11) is 0. The molecule has 0 spiro atoms. The largest absolute Gasteiger partial charge is 0.422 e. The van der Waals surface area contributed by atoms with Gasteiger partial charge in [-0.2, -0.15) is 0 Å². The maximum Gasteiger partial charge on any atom is 0.343 e. The molecule has 0 radical (unpaired) electrons. The fourth-order valence-corrected chi connectivity index (χ4v) is 2.38. The number of benzene rings is 2. The van der Waals surface area contributed by atoms with Crippen LogP contribution in [-0.4, -0.2) is 5.97 Å². The molecule has 1 aliphatic heterocycles. The number of cyclic esters (lactones) is 1. The van der Waals surface area contributed by atoms with E-state index in [-0.39, 0.29) is 5.82 Å². The summed E-state index contributed by atoms with van der Waals surface area (Å²) in [6.45, 7) is 3.94. The van der Waals surface area contributed by atoms with Gasteiger partial charge in [-0.15, -0.1) is 0 Å². The number of carbonyl (C=O) groups excluding carboxylic acids is 1. The molecule has 0 amide bonds. The number of esters is 1. The zero-order valence-electron chi connectivity index (χ0n) is 12.4. The minimum atomic E-state index is -0.459. The van der Waals surface area contributed by atoms with E-state index in [1.165, 1.54) is 12.1 Å². The monoisotopic (exact) mass is 294 g/mol. The third-order valence-electron chi connectivity index (χ3n) is 3.60. The Balaban J connectivity index is 2.02. The first kappa shape index (κ1) is 14.3. The van der Waals surface area contributed by atoms with Gasteiger partial charge in [-0.05, 0) is 43.7 Å². The Morgan fingerprint density at radius 3 is 2.64 bits per heavy atom. The predicted octanol–water partition coefficient (Wildman–Crippen LogP) is 4.42. The molecule has 0 N–H and O–H groups in total. The smallest absolute Gasteiger partial charge is 0.343 e. The number of hydrogen-bond donors (Lipinski definition) is 0. The van der Waals surface area contributed by atoms with Gasteiger partial charge in [-0.25, -0.2) is 9.18 Å². The van der Waals surface area contributed by atoms with E-state index in [9.17, 15) is 9.18 Å². The molecule has 0 atom stereocenters. The van der Waals surface area contributed by atoms with Crippen LogP contribution in [0.2, 0.25) is 0 Å². The van der Waals surface area contributed by atoms with Crippen LogP contribution in [0, 0.1) is 19.7 Å². The van der Waals surface area contributed by atoms with E-state index in [4.69, 9.17) is 4.74 Å². The van der Waals surface area contributed by atoms with Crippen molar-refractivity contribution >= 4 is 17.8 Å². The summed E-state index contributed by atoms with van der Waals surface area (Å²) in [6, 6.07) is 12.3. The Bertz CT molecular complexity index is 816. The van der Waals surface area contributed by atoms with Gasteiger partial charge in [0.1, 0.15) is 11.6 Å². The fraction of sp³-hybridized carbons (Fsp3) is 0.105. The van der Waals surface area contributed by atoms with Crippen molar-refractivity contribution in [2.45, 2.75) is 13.8 Å². The number of aryl methyl sites for hydroxylation is 2. The average molecular weight is 294 g/mol. The molecule has 0 saturated heterocycles. The molecule has 0 unspecified atom stereocenters. The molecule has 22 heavy (non-hydrogen) atoms. The van der Waals surface area contributed by atoms with Gasteiger partial charge in [0.25, 0.3) is 0 Å². The van der Waals surface area contributed by atoms with Crippen molar-refractivity contribution in [3.63, 3.8) is 0 Å². The normalized spacial score (nSPS) is 15.9. The van der Waals surface area contributed by atoms with E-state index >= 15 is 0 Å². The minimum absolute atomic E-state index is 0.348. The van der Waals surface area contributed by atoms with Gasteiger partial charge in [0.2, 0.25) is 0 Å². The first-order valence-corrected chi connectivity index (χ1v) is 7.02. The first-order chi connectivity index (χ1) is 10.5. The Kier molecular flexibility index (Phi) is 3.63. The molecule has 0 aliphatic carbocycles. The van der Waals surface area contributed by atoms with Crippen molar-refractivity contribution in [3.05, 3.63) is 82.2 Å². The summed E-state index contributed by atoms with van der Waals surface area (Å²) < 4.78 is 19.0. The highest BCUT2D eigenvalue weighted by molar-refractivity contribution is 6.05. The van der Waals surface area contributed by atoms with E-state index in [0.29, 0.717) is 16.9 Å².